The topological polar surface area (TPSA) is 164 Å². The Hall–Kier alpha value is -3.70. The van der Waals surface area contributed by atoms with Crippen LogP contribution in [-0.4, -0.2) is 74.4 Å². The summed E-state index contributed by atoms with van der Waals surface area (Å²) in [5.41, 5.74) is 12.3. The van der Waals surface area contributed by atoms with E-state index in [1.54, 1.807) is 30.3 Å². The second-order valence-electron chi connectivity index (χ2n) is 7.46. The van der Waals surface area contributed by atoms with Gasteiger partial charge in [-0.2, -0.15) is 0 Å². The minimum atomic E-state index is -0.514. The highest BCUT2D eigenvalue weighted by molar-refractivity contribution is 6.24. The van der Waals surface area contributed by atoms with Gasteiger partial charge in [0.15, 0.2) is 0 Å². The third-order valence-corrected chi connectivity index (χ3v) is 4.76. The van der Waals surface area contributed by atoms with Gasteiger partial charge in [0.1, 0.15) is 5.84 Å². The predicted octanol–water partition coefficient (Wildman–Crippen LogP) is 0.178. The number of amides is 3. The van der Waals surface area contributed by atoms with Crippen molar-refractivity contribution in [3.63, 3.8) is 0 Å². The fourth-order valence-corrected chi connectivity index (χ4v) is 2.99. The zero-order chi connectivity index (χ0) is 24.8. The highest BCUT2D eigenvalue weighted by Gasteiger charge is 2.14. The van der Waals surface area contributed by atoms with Gasteiger partial charge in [-0.15, -0.1) is 0 Å². The van der Waals surface area contributed by atoms with Crippen LogP contribution in [0.5, 0.6) is 0 Å². The molecule has 1 aromatic rings. The molecule has 184 valence electrons. The number of nitrogens with one attached hydrogen (secondary N) is 3. The van der Waals surface area contributed by atoms with E-state index < -0.39 is 11.8 Å². The summed E-state index contributed by atoms with van der Waals surface area (Å²) in [5, 5.41) is 7.89. The maximum Gasteiger partial charge on any atom is 0.260 e. The number of rotatable bonds is 11. The molecule has 11 heteroatoms. The minimum Gasteiger partial charge on any atom is -0.404 e. The van der Waals surface area contributed by atoms with Gasteiger partial charge < -0.3 is 32.2 Å². The molecule has 0 spiro atoms. The molecule has 0 aromatic heterocycles. The number of hydrogen-bond donors (Lipinski definition) is 5. The van der Waals surface area contributed by atoms with Crippen LogP contribution in [0.3, 0.4) is 0 Å². The van der Waals surface area contributed by atoms with Crippen molar-refractivity contribution in [3.05, 3.63) is 48.2 Å². The summed E-state index contributed by atoms with van der Waals surface area (Å²) < 4.78 is 5.28. The first-order valence-electron chi connectivity index (χ1n) is 11.1. The third-order valence-electron chi connectivity index (χ3n) is 4.76. The van der Waals surface area contributed by atoms with Gasteiger partial charge >= 0.3 is 0 Å². The number of nitrogens with zero attached hydrogens (tertiary/aromatic N) is 2. The van der Waals surface area contributed by atoms with Crippen LogP contribution in [0.15, 0.2) is 53.2 Å². The van der Waals surface area contributed by atoms with E-state index in [0.29, 0.717) is 37.7 Å². The molecule has 0 radical (unpaired) electrons. The molecule has 2 rings (SSSR count). The summed E-state index contributed by atoms with van der Waals surface area (Å²) in [7, 11) is 0. The average Bonchev–Trinajstić information content (AvgIpc) is 2.83. The first-order chi connectivity index (χ1) is 16.4. The van der Waals surface area contributed by atoms with Crippen molar-refractivity contribution in [2.24, 2.45) is 16.5 Å². The Balaban J connectivity index is 1.82. The average molecular weight is 472 g/mol. The molecule has 34 heavy (non-hydrogen) atoms. The standard InChI is InChI=1S/C23H33N7O4/c1-2-8-26-22(25)19(15-24)23(33)29-18-6-3-5-17(14-18)28-21(32)16-27-20(31)7-4-9-30-10-12-34-13-11-30/h3-7,14-15H,2,8-13,16,24H2,1H3,(H2,25,26)(H,27,31)(H,28,32)(H,29,33)/b7-4+,19-15+. The van der Waals surface area contributed by atoms with Gasteiger partial charge in [0.05, 0.1) is 25.3 Å². The summed E-state index contributed by atoms with van der Waals surface area (Å²) in [5.74, 6) is -1.22. The lowest BCUT2D eigenvalue weighted by Gasteiger charge is -2.24. The van der Waals surface area contributed by atoms with E-state index in [9.17, 15) is 14.4 Å². The molecule has 3 amide bonds. The molecule has 1 saturated heterocycles. The van der Waals surface area contributed by atoms with Crippen molar-refractivity contribution < 1.29 is 19.1 Å². The van der Waals surface area contributed by atoms with Crippen molar-refractivity contribution >= 4 is 34.9 Å². The quantitative estimate of drug-likeness (QED) is 0.174. The van der Waals surface area contributed by atoms with Gasteiger partial charge in [0.25, 0.3) is 5.91 Å². The van der Waals surface area contributed by atoms with Gasteiger partial charge in [0.2, 0.25) is 11.8 Å². The molecule has 1 aromatic carbocycles. The van der Waals surface area contributed by atoms with Crippen molar-refractivity contribution in [1.82, 2.24) is 10.2 Å². The van der Waals surface area contributed by atoms with Crippen molar-refractivity contribution in [1.29, 1.82) is 0 Å². The molecule has 0 saturated carbocycles. The number of ether oxygens (including phenoxy) is 1. The summed E-state index contributed by atoms with van der Waals surface area (Å²) in [6.07, 6.45) is 5.06. The van der Waals surface area contributed by atoms with Crippen LogP contribution in [0.2, 0.25) is 0 Å². The van der Waals surface area contributed by atoms with Crippen LogP contribution in [0, 0.1) is 0 Å². The number of hydrogen-bond acceptors (Lipinski definition) is 7. The lowest BCUT2D eigenvalue weighted by atomic mass is 10.2. The minimum absolute atomic E-state index is 0.0565. The number of anilines is 2. The van der Waals surface area contributed by atoms with Crippen LogP contribution in [-0.2, 0) is 19.1 Å². The molecule has 0 aliphatic carbocycles. The van der Waals surface area contributed by atoms with Gasteiger partial charge in [0, 0.05) is 49.8 Å². The first kappa shape index (κ1) is 26.6. The number of carbonyl (C=O) groups is 3. The van der Waals surface area contributed by atoms with Crippen LogP contribution in [0.25, 0.3) is 0 Å². The normalized spacial score (nSPS) is 15.2. The molecule has 0 unspecified atom stereocenters. The number of aliphatic imine (C=N–C) groups is 1. The zero-order valence-corrected chi connectivity index (χ0v) is 19.4. The molecule has 1 heterocycles. The number of nitrogens with two attached hydrogens (primary N) is 2. The van der Waals surface area contributed by atoms with Gasteiger partial charge in [-0.05, 0) is 24.6 Å². The van der Waals surface area contributed by atoms with E-state index in [0.717, 1.165) is 25.7 Å². The smallest absolute Gasteiger partial charge is 0.260 e. The molecule has 1 aliphatic heterocycles. The summed E-state index contributed by atoms with van der Waals surface area (Å²) in [4.78, 5) is 42.9. The second-order valence-corrected chi connectivity index (χ2v) is 7.46. The molecule has 1 aliphatic rings. The molecular formula is C23H33N7O4. The van der Waals surface area contributed by atoms with Gasteiger partial charge in [-0.25, -0.2) is 0 Å². The maximum absolute atomic E-state index is 12.5. The Kier molecular flexibility index (Phi) is 11.3. The number of carbonyl (C=O) groups excluding carboxylic acids is 3. The van der Waals surface area contributed by atoms with Crippen molar-refractivity contribution in [3.8, 4) is 0 Å². The van der Waals surface area contributed by atoms with Gasteiger partial charge in [-0.1, -0.05) is 19.1 Å². The Morgan fingerprint density at radius 2 is 1.88 bits per heavy atom. The summed E-state index contributed by atoms with van der Waals surface area (Å²) in [6.45, 7) is 5.93. The van der Waals surface area contributed by atoms with E-state index in [2.05, 4.69) is 25.8 Å². The molecule has 0 atom stereocenters. The Bertz CT molecular complexity index is 937. The second kappa shape index (κ2) is 14.4. The van der Waals surface area contributed by atoms with Crippen LogP contribution < -0.4 is 27.4 Å². The Morgan fingerprint density at radius 1 is 1.18 bits per heavy atom. The molecule has 11 nitrogen and oxygen atoms in total. The van der Waals surface area contributed by atoms with E-state index in [4.69, 9.17) is 16.2 Å². The van der Waals surface area contributed by atoms with Crippen LogP contribution in [0.1, 0.15) is 13.3 Å². The molecule has 0 bridgehead atoms. The fourth-order valence-electron chi connectivity index (χ4n) is 2.99. The molecular weight excluding hydrogens is 438 g/mol. The highest BCUT2D eigenvalue weighted by atomic mass is 16.5. The molecule has 7 N–H and O–H groups in total. The van der Waals surface area contributed by atoms with Gasteiger partial charge in [-0.3, -0.25) is 24.3 Å². The first-order valence-corrected chi connectivity index (χ1v) is 11.1. The number of morpholine rings is 1. The largest absolute Gasteiger partial charge is 0.404 e. The number of amidine groups is 1. The van der Waals surface area contributed by atoms with Crippen molar-refractivity contribution in [2.75, 3.05) is 56.6 Å². The lowest BCUT2D eigenvalue weighted by molar-refractivity contribution is -0.121. The summed E-state index contributed by atoms with van der Waals surface area (Å²) >= 11 is 0. The van der Waals surface area contributed by atoms with Crippen molar-refractivity contribution in [2.45, 2.75) is 13.3 Å². The van der Waals surface area contributed by atoms with E-state index in [1.807, 2.05) is 6.92 Å². The Labute approximate surface area is 199 Å². The zero-order valence-electron chi connectivity index (χ0n) is 19.4. The lowest BCUT2D eigenvalue weighted by Crippen LogP contribution is -2.36. The maximum atomic E-state index is 12.5. The predicted molar refractivity (Wildman–Crippen MR) is 132 cm³/mol. The van der Waals surface area contributed by atoms with Crippen LogP contribution in [0.4, 0.5) is 11.4 Å². The van der Waals surface area contributed by atoms with Crippen LogP contribution >= 0.6 is 0 Å². The molecule has 1 fully saturated rings. The number of benzene rings is 1. The third kappa shape index (κ3) is 9.43. The Morgan fingerprint density at radius 3 is 2.56 bits per heavy atom. The van der Waals surface area contributed by atoms with E-state index in [1.165, 1.54) is 6.08 Å². The summed E-state index contributed by atoms with van der Waals surface area (Å²) in [6, 6.07) is 6.56. The van der Waals surface area contributed by atoms with E-state index in [-0.39, 0.29) is 23.9 Å². The highest BCUT2D eigenvalue weighted by Crippen LogP contribution is 2.16. The fraction of sp³-hybridized carbons (Fsp3) is 0.391. The SMILES string of the molecule is CCCN=C(N)/C(=C\N)C(=O)Nc1cccc(NC(=O)CNC(=O)/C=C/CN2CCOCC2)c1. The van der Waals surface area contributed by atoms with E-state index >= 15 is 0 Å². The monoisotopic (exact) mass is 471 g/mol.